The lowest BCUT2D eigenvalue weighted by Crippen LogP contribution is -2.23. The van der Waals surface area contributed by atoms with Crippen molar-refractivity contribution >= 4 is 6.09 Å². The van der Waals surface area contributed by atoms with Crippen LogP contribution >= 0.6 is 0 Å². The number of hydrogen-bond acceptors (Lipinski definition) is 5. The van der Waals surface area contributed by atoms with Gasteiger partial charge in [-0.15, -0.1) is 0 Å². The van der Waals surface area contributed by atoms with Crippen LogP contribution in [-0.4, -0.2) is 31.0 Å². The molecule has 0 bridgehead atoms. The smallest absolute Gasteiger partial charge is 0.404 e. The largest absolute Gasteiger partial charge is 0.504 e. The first-order valence-corrected chi connectivity index (χ1v) is 5.71. The van der Waals surface area contributed by atoms with Crippen molar-refractivity contribution in [2.24, 2.45) is 5.73 Å². The van der Waals surface area contributed by atoms with Gasteiger partial charge in [-0.05, 0) is 24.6 Å². The topological polar surface area (TPSA) is 93.8 Å². The molecule has 0 aliphatic heterocycles. The van der Waals surface area contributed by atoms with Crippen molar-refractivity contribution in [2.45, 2.75) is 13.5 Å². The van der Waals surface area contributed by atoms with E-state index in [-0.39, 0.29) is 12.4 Å². The molecule has 0 saturated heterocycles. The third-order valence-corrected chi connectivity index (χ3v) is 2.18. The van der Waals surface area contributed by atoms with Crippen molar-refractivity contribution in [3.05, 3.63) is 23.8 Å². The molecule has 4 N–H and O–H groups in total. The summed E-state index contributed by atoms with van der Waals surface area (Å²) in [7, 11) is 0. The van der Waals surface area contributed by atoms with Gasteiger partial charge in [0.1, 0.15) is 6.61 Å². The number of benzene rings is 1. The Balaban J connectivity index is 2.38. The van der Waals surface area contributed by atoms with Gasteiger partial charge in [0.15, 0.2) is 11.5 Å². The van der Waals surface area contributed by atoms with Crippen molar-refractivity contribution in [1.29, 1.82) is 0 Å². The average molecular weight is 254 g/mol. The fourth-order valence-corrected chi connectivity index (χ4v) is 1.40. The highest BCUT2D eigenvalue weighted by molar-refractivity contribution is 5.64. The van der Waals surface area contributed by atoms with E-state index in [0.717, 1.165) is 5.56 Å². The maximum absolute atomic E-state index is 10.3. The van der Waals surface area contributed by atoms with E-state index >= 15 is 0 Å². The first-order chi connectivity index (χ1) is 8.63. The summed E-state index contributed by atoms with van der Waals surface area (Å²) < 4.78 is 9.85. The van der Waals surface area contributed by atoms with Crippen molar-refractivity contribution in [2.75, 3.05) is 19.8 Å². The quantitative estimate of drug-likeness (QED) is 0.630. The molecule has 0 saturated carbocycles. The minimum Gasteiger partial charge on any atom is -0.504 e. The van der Waals surface area contributed by atoms with Crippen LogP contribution in [0.2, 0.25) is 0 Å². The highest BCUT2D eigenvalue weighted by Gasteiger charge is 2.03. The number of carbonyl (C=O) groups excluding carboxylic acids is 1. The van der Waals surface area contributed by atoms with Crippen molar-refractivity contribution < 1.29 is 19.4 Å². The second kappa shape index (κ2) is 7.39. The van der Waals surface area contributed by atoms with Crippen LogP contribution in [0.25, 0.3) is 0 Å². The number of nitrogens with two attached hydrogens (primary N) is 1. The molecule has 0 unspecified atom stereocenters. The molecule has 0 spiro atoms. The molecule has 0 heterocycles. The standard InChI is InChI=1S/C12H18N2O4/c1-2-17-11-7-9(3-4-10(11)15)8-14-5-6-18-12(13)16/h3-4,7,14-15H,2,5-6,8H2,1H3,(H2,13,16). The van der Waals surface area contributed by atoms with Gasteiger partial charge in [-0.25, -0.2) is 4.79 Å². The molecule has 1 aromatic carbocycles. The number of ether oxygens (including phenoxy) is 2. The van der Waals surface area contributed by atoms with Gasteiger partial charge in [0.05, 0.1) is 6.61 Å². The second-order valence-corrected chi connectivity index (χ2v) is 3.58. The molecule has 0 aromatic heterocycles. The predicted octanol–water partition coefficient (Wildman–Crippen LogP) is 0.976. The van der Waals surface area contributed by atoms with Gasteiger partial charge in [0, 0.05) is 13.1 Å². The highest BCUT2D eigenvalue weighted by Crippen LogP contribution is 2.26. The number of nitrogens with one attached hydrogen (secondary N) is 1. The van der Waals surface area contributed by atoms with E-state index in [1.807, 2.05) is 6.92 Å². The number of hydrogen-bond donors (Lipinski definition) is 3. The minimum atomic E-state index is -0.778. The van der Waals surface area contributed by atoms with Crippen LogP contribution in [0.4, 0.5) is 4.79 Å². The van der Waals surface area contributed by atoms with Gasteiger partial charge < -0.3 is 25.6 Å². The predicted molar refractivity (Wildman–Crippen MR) is 66.5 cm³/mol. The van der Waals surface area contributed by atoms with E-state index in [9.17, 15) is 9.90 Å². The highest BCUT2D eigenvalue weighted by atomic mass is 16.5. The monoisotopic (exact) mass is 254 g/mol. The molecular formula is C12H18N2O4. The Morgan fingerprint density at radius 3 is 2.94 bits per heavy atom. The molecule has 0 aliphatic carbocycles. The van der Waals surface area contributed by atoms with Crippen LogP contribution in [0, 0.1) is 0 Å². The van der Waals surface area contributed by atoms with Gasteiger partial charge in [-0.2, -0.15) is 0 Å². The number of phenols is 1. The van der Waals surface area contributed by atoms with Crippen LogP contribution < -0.4 is 15.8 Å². The van der Waals surface area contributed by atoms with E-state index in [1.165, 1.54) is 0 Å². The lowest BCUT2D eigenvalue weighted by Gasteiger charge is -2.09. The number of phenolic OH excluding ortho intramolecular Hbond substituents is 1. The number of carbonyl (C=O) groups is 1. The molecule has 0 radical (unpaired) electrons. The zero-order valence-electron chi connectivity index (χ0n) is 10.3. The summed E-state index contributed by atoms with van der Waals surface area (Å²) in [5.74, 6) is 0.586. The maximum Gasteiger partial charge on any atom is 0.404 e. The number of aromatic hydroxyl groups is 1. The summed E-state index contributed by atoms with van der Waals surface area (Å²) in [4.78, 5) is 10.3. The molecule has 6 heteroatoms. The van der Waals surface area contributed by atoms with Crippen LogP contribution in [0.3, 0.4) is 0 Å². The van der Waals surface area contributed by atoms with Crippen LogP contribution in [-0.2, 0) is 11.3 Å². The Morgan fingerprint density at radius 2 is 2.28 bits per heavy atom. The second-order valence-electron chi connectivity index (χ2n) is 3.58. The fourth-order valence-electron chi connectivity index (χ4n) is 1.40. The van der Waals surface area contributed by atoms with E-state index < -0.39 is 6.09 Å². The molecule has 0 fully saturated rings. The molecule has 100 valence electrons. The first-order valence-electron chi connectivity index (χ1n) is 5.71. The Labute approximate surface area is 106 Å². The summed E-state index contributed by atoms with van der Waals surface area (Å²) in [6, 6.07) is 5.14. The Bertz CT molecular complexity index is 396. The zero-order valence-corrected chi connectivity index (χ0v) is 10.3. The van der Waals surface area contributed by atoms with E-state index in [4.69, 9.17) is 10.5 Å². The van der Waals surface area contributed by atoms with Crippen LogP contribution in [0.5, 0.6) is 11.5 Å². The molecule has 18 heavy (non-hydrogen) atoms. The van der Waals surface area contributed by atoms with Gasteiger partial charge in [0.2, 0.25) is 0 Å². The van der Waals surface area contributed by atoms with Crippen molar-refractivity contribution in [3.63, 3.8) is 0 Å². The van der Waals surface area contributed by atoms with E-state index in [0.29, 0.717) is 25.4 Å². The zero-order chi connectivity index (χ0) is 13.4. The lowest BCUT2D eigenvalue weighted by molar-refractivity contribution is 0.157. The Morgan fingerprint density at radius 1 is 1.50 bits per heavy atom. The first kappa shape index (κ1) is 14.1. The molecule has 0 atom stereocenters. The lowest BCUT2D eigenvalue weighted by atomic mass is 10.2. The number of amides is 1. The Hall–Kier alpha value is -1.95. The van der Waals surface area contributed by atoms with Crippen LogP contribution in [0.15, 0.2) is 18.2 Å². The normalized spacial score (nSPS) is 10.1. The maximum atomic E-state index is 10.3. The van der Waals surface area contributed by atoms with Crippen LogP contribution in [0.1, 0.15) is 12.5 Å². The number of rotatable bonds is 7. The van der Waals surface area contributed by atoms with Crippen molar-refractivity contribution in [3.8, 4) is 11.5 Å². The number of primary amides is 1. The molecule has 6 nitrogen and oxygen atoms in total. The molecule has 1 amide bonds. The van der Waals surface area contributed by atoms with Gasteiger partial charge in [-0.3, -0.25) is 0 Å². The molecule has 0 aliphatic rings. The summed E-state index contributed by atoms with van der Waals surface area (Å²) in [5.41, 5.74) is 5.79. The van der Waals surface area contributed by atoms with Gasteiger partial charge in [0.25, 0.3) is 0 Å². The third kappa shape index (κ3) is 4.92. The molecule has 1 aromatic rings. The SMILES string of the molecule is CCOc1cc(CNCCOC(N)=O)ccc1O. The third-order valence-electron chi connectivity index (χ3n) is 2.18. The van der Waals surface area contributed by atoms with Crippen molar-refractivity contribution in [1.82, 2.24) is 5.32 Å². The molecular weight excluding hydrogens is 236 g/mol. The van der Waals surface area contributed by atoms with Gasteiger partial charge in [-0.1, -0.05) is 6.07 Å². The van der Waals surface area contributed by atoms with E-state index in [2.05, 4.69) is 10.1 Å². The summed E-state index contributed by atoms with van der Waals surface area (Å²) >= 11 is 0. The van der Waals surface area contributed by atoms with Gasteiger partial charge >= 0.3 is 6.09 Å². The fraction of sp³-hybridized carbons (Fsp3) is 0.417. The Kier molecular flexibility index (Phi) is 5.79. The summed E-state index contributed by atoms with van der Waals surface area (Å²) in [6.45, 7) is 3.67. The summed E-state index contributed by atoms with van der Waals surface area (Å²) in [6.07, 6.45) is -0.778. The minimum absolute atomic E-state index is 0.123. The summed E-state index contributed by atoms with van der Waals surface area (Å²) in [5, 5.41) is 12.6. The molecule has 1 rings (SSSR count). The average Bonchev–Trinajstić information content (AvgIpc) is 2.32. The van der Waals surface area contributed by atoms with E-state index in [1.54, 1.807) is 18.2 Å².